The molecule has 2 heterocycles. The lowest BCUT2D eigenvalue weighted by Crippen LogP contribution is -2.43. The average molecular weight is 397 g/mol. The van der Waals surface area contributed by atoms with Crippen LogP contribution in [0.1, 0.15) is 6.92 Å². The molecule has 1 fully saturated rings. The lowest BCUT2D eigenvalue weighted by atomic mass is 10.3. The average Bonchev–Trinajstić information content (AvgIpc) is 2.63. The molecular weight excluding hydrogens is 375 g/mol. The zero-order chi connectivity index (χ0) is 17.6. The van der Waals surface area contributed by atoms with E-state index in [1.54, 1.807) is 43.5 Å². The summed E-state index contributed by atoms with van der Waals surface area (Å²) in [4.78, 5) is 18.9. The van der Waals surface area contributed by atoms with Gasteiger partial charge in [0.1, 0.15) is 11.6 Å². The van der Waals surface area contributed by atoms with E-state index < -0.39 is 6.10 Å². The van der Waals surface area contributed by atoms with E-state index in [9.17, 15) is 4.79 Å². The number of ether oxygens (including phenoxy) is 1. The molecule has 0 bridgehead atoms. The van der Waals surface area contributed by atoms with Crippen LogP contribution in [-0.4, -0.2) is 43.2 Å². The number of pyridine rings is 1. The predicted molar refractivity (Wildman–Crippen MR) is 107 cm³/mol. The molecule has 1 aliphatic rings. The van der Waals surface area contributed by atoms with E-state index in [0.717, 1.165) is 31.9 Å². The van der Waals surface area contributed by atoms with Gasteiger partial charge in [0, 0.05) is 31.2 Å². The fourth-order valence-electron chi connectivity index (χ4n) is 2.60. The number of nitrogens with one attached hydrogen (secondary N) is 2. The van der Waals surface area contributed by atoms with Crippen LogP contribution in [0.15, 0.2) is 42.6 Å². The summed E-state index contributed by atoms with van der Waals surface area (Å²) >= 11 is 5.92. The lowest BCUT2D eigenvalue weighted by molar-refractivity contribution is -0.122. The Morgan fingerprint density at radius 2 is 2.08 bits per heavy atom. The highest BCUT2D eigenvalue weighted by molar-refractivity contribution is 6.30. The van der Waals surface area contributed by atoms with E-state index >= 15 is 0 Å². The molecular formula is C18H22Cl2N4O2. The van der Waals surface area contributed by atoms with Crippen LogP contribution in [0.5, 0.6) is 5.75 Å². The van der Waals surface area contributed by atoms with Gasteiger partial charge in [-0.2, -0.15) is 0 Å². The zero-order valence-electron chi connectivity index (χ0n) is 14.4. The minimum absolute atomic E-state index is 0. The van der Waals surface area contributed by atoms with Crippen molar-refractivity contribution in [2.24, 2.45) is 0 Å². The van der Waals surface area contributed by atoms with E-state index in [0.29, 0.717) is 16.6 Å². The molecule has 1 aliphatic heterocycles. The number of amides is 1. The maximum Gasteiger partial charge on any atom is 0.266 e. The van der Waals surface area contributed by atoms with Gasteiger partial charge in [0.25, 0.3) is 5.91 Å². The maximum absolute atomic E-state index is 12.3. The molecule has 3 rings (SSSR count). The van der Waals surface area contributed by atoms with E-state index in [1.807, 2.05) is 6.07 Å². The Bertz CT molecular complexity index is 721. The quantitative estimate of drug-likeness (QED) is 0.812. The summed E-state index contributed by atoms with van der Waals surface area (Å²) < 4.78 is 5.61. The van der Waals surface area contributed by atoms with Gasteiger partial charge >= 0.3 is 0 Å². The topological polar surface area (TPSA) is 66.5 Å². The SMILES string of the molecule is CC(Oc1cccc(Cl)c1)C(=O)Nc1ccc(N2CCNCC2)cn1.Cl. The van der Waals surface area contributed by atoms with Crippen molar-refractivity contribution >= 4 is 41.4 Å². The van der Waals surface area contributed by atoms with Crippen molar-refractivity contribution in [3.8, 4) is 5.75 Å². The molecule has 2 aromatic rings. The predicted octanol–water partition coefficient (Wildman–Crippen LogP) is 2.97. The Kier molecular flexibility index (Phi) is 7.50. The molecule has 1 amide bonds. The number of hydrogen-bond donors (Lipinski definition) is 2. The number of halogens is 2. The molecule has 1 aromatic heterocycles. The van der Waals surface area contributed by atoms with Crippen LogP contribution in [0, 0.1) is 0 Å². The highest BCUT2D eigenvalue weighted by Gasteiger charge is 2.16. The number of aromatic nitrogens is 1. The first-order valence-corrected chi connectivity index (χ1v) is 8.64. The molecule has 26 heavy (non-hydrogen) atoms. The molecule has 0 spiro atoms. The van der Waals surface area contributed by atoms with Crippen molar-refractivity contribution in [3.63, 3.8) is 0 Å². The summed E-state index contributed by atoms with van der Waals surface area (Å²) in [7, 11) is 0. The second kappa shape index (κ2) is 9.62. The van der Waals surface area contributed by atoms with Gasteiger partial charge in [0.2, 0.25) is 0 Å². The van der Waals surface area contributed by atoms with Crippen molar-refractivity contribution in [3.05, 3.63) is 47.6 Å². The first-order valence-electron chi connectivity index (χ1n) is 8.26. The molecule has 0 radical (unpaired) electrons. The van der Waals surface area contributed by atoms with Crippen molar-refractivity contribution in [2.45, 2.75) is 13.0 Å². The lowest BCUT2D eigenvalue weighted by Gasteiger charge is -2.29. The molecule has 1 unspecified atom stereocenters. The van der Waals surface area contributed by atoms with Gasteiger partial charge in [-0.1, -0.05) is 17.7 Å². The Hall–Kier alpha value is -2.02. The number of piperazine rings is 1. The molecule has 2 N–H and O–H groups in total. The number of rotatable bonds is 5. The van der Waals surface area contributed by atoms with Gasteiger partial charge in [0.15, 0.2) is 6.10 Å². The fraction of sp³-hybridized carbons (Fsp3) is 0.333. The number of hydrogen-bond acceptors (Lipinski definition) is 5. The van der Waals surface area contributed by atoms with Gasteiger partial charge in [-0.25, -0.2) is 4.98 Å². The minimum atomic E-state index is -0.659. The Morgan fingerprint density at radius 1 is 1.31 bits per heavy atom. The highest BCUT2D eigenvalue weighted by Crippen LogP contribution is 2.19. The molecule has 8 heteroatoms. The standard InChI is InChI=1S/C18H21ClN4O2.ClH/c1-13(25-16-4-2-3-14(19)11-16)18(24)22-17-6-5-15(12-21-17)23-9-7-20-8-10-23;/h2-6,11-13,20H,7-10H2,1H3,(H,21,22,24);1H. The summed E-state index contributed by atoms with van der Waals surface area (Å²) in [6.45, 7) is 5.54. The number of benzene rings is 1. The third-order valence-electron chi connectivity index (χ3n) is 3.96. The molecule has 1 atom stereocenters. The largest absolute Gasteiger partial charge is 0.481 e. The van der Waals surface area contributed by atoms with Gasteiger partial charge < -0.3 is 20.3 Å². The normalized spacial score (nSPS) is 14.9. The van der Waals surface area contributed by atoms with Crippen molar-refractivity contribution in [1.82, 2.24) is 10.3 Å². The molecule has 6 nitrogen and oxygen atoms in total. The van der Waals surface area contributed by atoms with Crippen LogP contribution in [0.3, 0.4) is 0 Å². The van der Waals surface area contributed by atoms with Gasteiger partial charge in [0.05, 0.1) is 11.9 Å². The van der Waals surface area contributed by atoms with Crippen LogP contribution in [0.4, 0.5) is 11.5 Å². The number of anilines is 2. The van der Waals surface area contributed by atoms with Gasteiger partial charge in [-0.15, -0.1) is 12.4 Å². The second-order valence-corrected chi connectivity index (χ2v) is 6.28. The molecule has 140 valence electrons. The number of nitrogens with zero attached hydrogens (tertiary/aromatic N) is 2. The molecule has 0 saturated carbocycles. The summed E-state index contributed by atoms with van der Waals surface area (Å²) in [5.74, 6) is 0.796. The Labute approximate surface area is 164 Å². The third kappa shape index (κ3) is 5.49. The van der Waals surface area contributed by atoms with Crippen molar-refractivity contribution in [2.75, 3.05) is 36.4 Å². The van der Waals surface area contributed by atoms with Crippen LogP contribution in [-0.2, 0) is 4.79 Å². The van der Waals surface area contributed by atoms with Crippen LogP contribution < -0.4 is 20.3 Å². The van der Waals surface area contributed by atoms with E-state index in [1.165, 1.54) is 0 Å². The smallest absolute Gasteiger partial charge is 0.266 e. The maximum atomic E-state index is 12.3. The number of carbonyl (C=O) groups excluding carboxylic acids is 1. The highest BCUT2D eigenvalue weighted by atomic mass is 35.5. The Balaban J connectivity index is 0.00000243. The van der Waals surface area contributed by atoms with Crippen LogP contribution in [0.25, 0.3) is 0 Å². The van der Waals surface area contributed by atoms with Crippen LogP contribution in [0.2, 0.25) is 5.02 Å². The van der Waals surface area contributed by atoms with E-state index in [2.05, 4.69) is 20.5 Å². The summed E-state index contributed by atoms with van der Waals surface area (Å²) in [5, 5.41) is 6.65. The number of carbonyl (C=O) groups is 1. The van der Waals surface area contributed by atoms with Gasteiger partial charge in [-0.05, 0) is 37.3 Å². The van der Waals surface area contributed by atoms with E-state index in [4.69, 9.17) is 16.3 Å². The van der Waals surface area contributed by atoms with Crippen LogP contribution >= 0.6 is 24.0 Å². The summed E-state index contributed by atoms with van der Waals surface area (Å²) in [6, 6.07) is 10.7. The van der Waals surface area contributed by atoms with Crippen molar-refractivity contribution in [1.29, 1.82) is 0 Å². The van der Waals surface area contributed by atoms with Crippen molar-refractivity contribution < 1.29 is 9.53 Å². The first kappa shape index (κ1) is 20.3. The van der Waals surface area contributed by atoms with Gasteiger partial charge in [-0.3, -0.25) is 4.79 Å². The zero-order valence-corrected chi connectivity index (χ0v) is 16.0. The third-order valence-corrected chi connectivity index (χ3v) is 4.19. The minimum Gasteiger partial charge on any atom is -0.481 e. The monoisotopic (exact) mass is 396 g/mol. The second-order valence-electron chi connectivity index (χ2n) is 5.85. The first-order chi connectivity index (χ1) is 12.1. The molecule has 0 aliphatic carbocycles. The fourth-order valence-corrected chi connectivity index (χ4v) is 2.78. The Morgan fingerprint density at radius 3 is 2.73 bits per heavy atom. The molecule has 1 saturated heterocycles. The summed E-state index contributed by atoms with van der Waals surface area (Å²) in [6.07, 6.45) is 1.12. The van der Waals surface area contributed by atoms with E-state index in [-0.39, 0.29) is 18.3 Å². The summed E-state index contributed by atoms with van der Waals surface area (Å²) in [5.41, 5.74) is 1.06. The molecule has 1 aromatic carbocycles.